The molecule has 0 spiro atoms. The van der Waals surface area contributed by atoms with Crippen molar-refractivity contribution in [1.29, 1.82) is 0 Å². The fraction of sp³-hybridized carbons (Fsp3) is 0.0833. The maximum atomic E-state index is 6.00. The molecule has 0 aliphatic carbocycles. The summed E-state index contributed by atoms with van der Waals surface area (Å²) in [6.45, 7) is 0. The van der Waals surface area contributed by atoms with Crippen molar-refractivity contribution in [2.75, 3.05) is 7.11 Å². The molecule has 0 atom stereocenters. The molecule has 0 amide bonds. The van der Waals surface area contributed by atoms with Crippen LogP contribution in [0.25, 0.3) is 17.0 Å². The highest BCUT2D eigenvalue weighted by Crippen LogP contribution is 2.32. The number of hydrogen-bond donors (Lipinski definition) is 0. The van der Waals surface area contributed by atoms with E-state index in [9.17, 15) is 0 Å². The zero-order chi connectivity index (χ0) is 12.5. The number of halogens is 1. The molecular formula is C12H9ClN4O. The van der Waals surface area contributed by atoms with Gasteiger partial charge in [-0.15, -0.1) is 0 Å². The van der Waals surface area contributed by atoms with Crippen LogP contribution in [0.4, 0.5) is 0 Å². The number of hydrogen-bond acceptors (Lipinski definition) is 4. The van der Waals surface area contributed by atoms with E-state index in [1.807, 2.05) is 28.8 Å². The molecule has 0 fully saturated rings. The van der Waals surface area contributed by atoms with Crippen LogP contribution in [0.5, 0.6) is 5.75 Å². The Morgan fingerprint density at radius 2 is 2.11 bits per heavy atom. The minimum absolute atomic E-state index is 0.291. The molecule has 0 saturated heterocycles. The molecule has 0 bridgehead atoms. The molecule has 0 radical (unpaired) electrons. The van der Waals surface area contributed by atoms with Gasteiger partial charge in [-0.25, -0.2) is 15.0 Å². The van der Waals surface area contributed by atoms with Crippen molar-refractivity contribution in [2.24, 2.45) is 0 Å². The topological polar surface area (TPSA) is 52.3 Å². The molecule has 3 aromatic heterocycles. The number of ether oxygens (including phenoxy) is 1. The second-order valence-electron chi connectivity index (χ2n) is 3.61. The predicted molar refractivity (Wildman–Crippen MR) is 67.8 cm³/mol. The molecule has 0 aliphatic rings. The Bertz CT molecular complexity index is 710. The molecular weight excluding hydrogens is 252 g/mol. The molecule has 0 aliphatic heterocycles. The summed E-state index contributed by atoms with van der Waals surface area (Å²) in [5.41, 5.74) is 2.33. The number of imidazole rings is 1. The van der Waals surface area contributed by atoms with Crippen molar-refractivity contribution >= 4 is 17.2 Å². The van der Waals surface area contributed by atoms with E-state index in [1.165, 1.54) is 6.33 Å². The lowest BCUT2D eigenvalue weighted by molar-refractivity contribution is 0.412. The van der Waals surface area contributed by atoms with Gasteiger partial charge in [-0.3, -0.25) is 4.40 Å². The van der Waals surface area contributed by atoms with Crippen molar-refractivity contribution in [1.82, 2.24) is 19.4 Å². The number of fused-ring (bicyclic) bond motifs is 1. The van der Waals surface area contributed by atoms with Crippen molar-refractivity contribution in [3.8, 4) is 17.1 Å². The van der Waals surface area contributed by atoms with Gasteiger partial charge in [0.25, 0.3) is 0 Å². The summed E-state index contributed by atoms with van der Waals surface area (Å²) in [7, 11) is 1.54. The largest absolute Gasteiger partial charge is 0.491 e. The molecule has 90 valence electrons. The summed E-state index contributed by atoms with van der Waals surface area (Å²) in [6, 6.07) is 5.75. The lowest BCUT2D eigenvalue weighted by Crippen LogP contribution is -1.98. The fourth-order valence-electron chi connectivity index (χ4n) is 1.86. The van der Waals surface area contributed by atoms with Crippen LogP contribution in [-0.4, -0.2) is 26.5 Å². The average molecular weight is 261 g/mol. The van der Waals surface area contributed by atoms with E-state index in [-0.39, 0.29) is 0 Å². The van der Waals surface area contributed by atoms with Gasteiger partial charge in [0.05, 0.1) is 12.8 Å². The second-order valence-corrected chi connectivity index (χ2v) is 3.97. The van der Waals surface area contributed by atoms with Crippen LogP contribution in [0.3, 0.4) is 0 Å². The van der Waals surface area contributed by atoms with Gasteiger partial charge in [-0.2, -0.15) is 0 Å². The van der Waals surface area contributed by atoms with E-state index < -0.39 is 0 Å². The lowest BCUT2D eigenvalue weighted by Gasteiger charge is -2.09. The lowest BCUT2D eigenvalue weighted by atomic mass is 10.2. The summed E-state index contributed by atoms with van der Waals surface area (Å²) in [5.74, 6) is 0.459. The van der Waals surface area contributed by atoms with Crippen LogP contribution in [0.1, 0.15) is 0 Å². The number of nitrogens with zero attached hydrogens (tertiary/aromatic N) is 4. The Morgan fingerprint density at radius 3 is 2.94 bits per heavy atom. The molecule has 0 unspecified atom stereocenters. The van der Waals surface area contributed by atoms with Gasteiger partial charge in [0, 0.05) is 12.4 Å². The van der Waals surface area contributed by atoms with Crippen LogP contribution in [0.2, 0.25) is 5.15 Å². The first-order valence-electron chi connectivity index (χ1n) is 5.28. The van der Waals surface area contributed by atoms with Gasteiger partial charge >= 0.3 is 0 Å². The zero-order valence-corrected chi connectivity index (χ0v) is 10.3. The van der Waals surface area contributed by atoms with Crippen molar-refractivity contribution in [3.05, 3.63) is 42.1 Å². The van der Waals surface area contributed by atoms with E-state index in [0.29, 0.717) is 16.6 Å². The normalized spacial score (nSPS) is 10.8. The van der Waals surface area contributed by atoms with Crippen LogP contribution in [0.15, 0.2) is 36.9 Å². The standard InChI is InChI=1S/C12H9ClN4O/c1-18-11-10(15-7-16-12(11)13)8-3-2-4-9-14-5-6-17(8)9/h2-7H,1H3. The zero-order valence-electron chi connectivity index (χ0n) is 9.54. The van der Waals surface area contributed by atoms with Crippen LogP contribution in [-0.2, 0) is 0 Å². The van der Waals surface area contributed by atoms with Gasteiger partial charge < -0.3 is 4.74 Å². The molecule has 18 heavy (non-hydrogen) atoms. The third-order valence-electron chi connectivity index (χ3n) is 2.64. The van der Waals surface area contributed by atoms with E-state index in [1.54, 1.807) is 13.3 Å². The Hall–Kier alpha value is -2.14. The third-order valence-corrected chi connectivity index (χ3v) is 2.90. The fourth-order valence-corrected chi connectivity index (χ4v) is 2.07. The first-order valence-corrected chi connectivity index (χ1v) is 5.66. The quantitative estimate of drug-likeness (QED) is 0.664. The molecule has 0 aromatic carbocycles. The Labute approximate surface area is 108 Å². The molecule has 5 nitrogen and oxygen atoms in total. The molecule has 3 rings (SSSR count). The Morgan fingerprint density at radius 1 is 1.22 bits per heavy atom. The van der Waals surface area contributed by atoms with Crippen molar-refractivity contribution in [3.63, 3.8) is 0 Å². The summed E-state index contributed by atoms with van der Waals surface area (Å²) in [4.78, 5) is 12.4. The summed E-state index contributed by atoms with van der Waals surface area (Å²) in [5, 5.41) is 0.291. The van der Waals surface area contributed by atoms with E-state index in [2.05, 4.69) is 15.0 Å². The smallest absolute Gasteiger partial charge is 0.184 e. The maximum Gasteiger partial charge on any atom is 0.184 e. The summed E-state index contributed by atoms with van der Waals surface area (Å²) >= 11 is 6.00. The monoisotopic (exact) mass is 260 g/mol. The number of methoxy groups -OCH3 is 1. The Kier molecular flexibility index (Phi) is 2.60. The maximum absolute atomic E-state index is 6.00. The van der Waals surface area contributed by atoms with Gasteiger partial charge in [0.2, 0.25) is 0 Å². The highest BCUT2D eigenvalue weighted by Gasteiger charge is 2.14. The van der Waals surface area contributed by atoms with Crippen LogP contribution >= 0.6 is 11.6 Å². The van der Waals surface area contributed by atoms with Crippen LogP contribution < -0.4 is 4.74 Å². The van der Waals surface area contributed by atoms with Crippen LogP contribution in [0, 0.1) is 0 Å². The van der Waals surface area contributed by atoms with Gasteiger partial charge in [-0.1, -0.05) is 17.7 Å². The minimum Gasteiger partial charge on any atom is -0.491 e. The highest BCUT2D eigenvalue weighted by atomic mass is 35.5. The van der Waals surface area contributed by atoms with E-state index in [4.69, 9.17) is 16.3 Å². The van der Waals surface area contributed by atoms with Gasteiger partial charge in [-0.05, 0) is 12.1 Å². The Balaban J connectivity index is 2.32. The number of aromatic nitrogens is 4. The molecule has 3 aromatic rings. The number of rotatable bonds is 2. The minimum atomic E-state index is 0.291. The van der Waals surface area contributed by atoms with Gasteiger partial charge in [0.1, 0.15) is 17.7 Å². The van der Waals surface area contributed by atoms with E-state index >= 15 is 0 Å². The van der Waals surface area contributed by atoms with Gasteiger partial charge in [0.15, 0.2) is 10.9 Å². The van der Waals surface area contributed by atoms with Crippen molar-refractivity contribution in [2.45, 2.75) is 0 Å². The molecule has 6 heteroatoms. The number of pyridine rings is 1. The summed E-state index contributed by atoms with van der Waals surface area (Å²) in [6.07, 6.45) is 5.00. The highest BCUT2D eigenvalue weighted by molar-refractivity contribution is 6.31. The van der Waals surface area contributed by atoms with Crippen molar-refractivity contribution < 1.29 is 4.74 Å². The molecule has 3 heterocycles. The van der Waals surface area contributed by atoms with E-state index in [0.717, 1.165) is 11.3 Å². The SMILES string of the molecule is COc1c(Cl)ncnc1-c1cccc2nccn12. The first kappa shape index (κ1) is 11.0. The third kappa shape index (κ3) is 1.60. The second kappa shape index (κ2) is 4.27. The predicted octanol–water partition coefficient (Wildman–Crippen LogP) is 2.45. The molecule has 0 saturated carbocycles. The first-order chi connectivity index (χ1) is 8.81. The molecule has 0 N–H and O–H groups in total. The average Bonchev–Trinajstić information content (AvgIpc) is 2.86. The summed E-state index contributed by atoms with van der Waals surface area (Å²) < 4.78 is 7.18.